The van der Waals surface area contributed by atoms with Crippen LogP contribution >= 0.6 is 0 Å². The van der Waals surface area contributed by atoms with Crippen molar-refractivity contribution in [3.63, 3.8) is 0 Å². The van der Waals surface area contributed by atoms with E-state index in [1.165, 1.54) is 49.7 Å². The van der Waals surface area contributed by atoms with E-state index in [0.717, 1.165) is 5.92 Å². The van der Waals surface area contributed by atoms with Crippen molar-refractivity contribution in [3.05, 3.63) is 102 Å². The molecule has 1 atom stereocenters. The second kappa shape index (κ2) is 13.7. The van der Waals surface area contributed by atoms with Gasteiger partial charge in [0.2, 0.25) is 0 Å². The number of rotatable bonds is 6. The molecule has 0 bridgehead atoms. The Morgan fingerprint density at radius 2 is 1.47 bits per heavy atom. The third-order valence-corrected chi connectivity index (χ3v) is 6.32. The van der Waals surface area contributed by atoms with Gasteiger partial charge >= 0.3 is 21.7 Å². The van der Waals surface area contributed by atoms with E-state index in [-0.39, 0.29) is 64.4 Å². The molecule has 30 heavy (non-hydrogen) atoms. The van der Waals surface area contributed by atoms with E-state index in [2.05, 4.69) is 85.8 Å². The fraction of sp³-hybridized carbons (Fsp3) is 0.346. The monoisotopic (exact) mass is 494 g/mol. The van der Waals surface area contributed by atoms with Gasteiger partial charge in [-0.2, -0.15) is 5.92 Å². The quantitative estimate of drug-likeness (QED) is 0.323. The summed E-state index contributed by atoms with van der Waals surface area (Å²) >= 11 is 0. The zero-order valence-electron chi connectivity index (χ0n) is 17.5. The van der Waals surface area contributed by atoms with Gasteiger partial charge in [-0.3, -0.25) is 0 Å². The Bertz CT molecular complexity index is 747. The Hall–Kier alpha value is -0.626. The van der Waals surface area contributed by atoms with Crippen LogP contribution in [0.4, 0.5) is 0 Å². The summed E-state index contributed by atoms with van der Waals surface area (Å²) in [5, 5.41) is 0. The van der Waals surface area contributed by atoms with Gasteiger partial charge in [0.15, 0.2) is 0 Å². The van der Waals surface area contributed by atoms with Gasteiger partial charge in [-0.05, 0) is 17.8 Å². The topological polar surface area (TPSA) is 0 Å². The molecule has 0 spiro atoms. The molecule has 158 valence electrons. The zero-order chi connectivity index (χ0) is 17.8. The third kappa shape index (κ3) is 5.59. The van der Waals surface area contributed by atoms with E-state index in [1.54, 1.807) is 11.5 Å². The van der Waals surface area contributed by atoms with Crippen LogP contribution in [-0.4, -0.2) is 0 Å². The Morgan fingerprint density at radius 1 is 0.900 bits per heavy atom. The van der Waals surface area contributed by atoms with Crippen LogP contribution in [-0.2, 0) is 27.1 Å². The van der Waals surface area contributed by atoms with Gasteiger partial charge in [0.05, 0.1) is 0 Å². The molecule has 0 amide bonds. The third-order valence-electron chi connectivity index (χ3n) is 6.32. The maximum Gasteiger partial charge on any atom is 4.00 e. The van der Waals surface area contributed by atoms with Gasteiger partial charge < -0.3 is 37.2 Å². The first kappa shape index (κ1) is 29.4. The first-order valence-electron chi connectivity index (χ1n) is 10.2. The van der Waals surface area contributed by atoms with Crippen molar-refractivity contribution in [2.24, 2.45) is 5.92 Å². The van der Waals surface area contributed by atoms with Crippen LogP contribution in [0.15, 0.2) is 84.5 Å². The average Bonchev–Trinajstić information content (AvgIpc) is 3.15. The smallest absolute Gasteiger partial charge is 1.00 e. The second-order valence-electron chi connectivity index (χ2n) is 7.74. The number of benzene rings is 2. The molecular weight excluding hydrogens is 467 g/mol. The minimum Gasteiger partial charge on any atom is -1.00 e. The van der Waals surface area contributed by atoms with E-state index in [9.17, 15) is 0 Å². The molecule has 2 aliphatic carbocycles. The molecule has 1 saturated carbocycles. The van der Waals surface area contributed by atoms with E-state index in [1.807, 2.05) is 0 Å². The van der Waals surface area contributed by atoms with Gasteiger partial charge in [0.1, 0.15) is 0 Å². The largest absolute Gasteiger partial charge is 4.00 e. The Morgan fingerprint density at radius 3 is 2.00 bits per heavy atom. The Kier molecular flexibility index (Phi) is 13.4. The van der Waals surface area contributed by atoms with Crippen molar-refractivity contribution in [1.82, 2.24) is 0 Å². The van der Waals surface area contributed by atoms with E-state index in [4.69, 9.17) is 0 Å². The minimum absolute atomic E-state index is 0. The zero-order valence-corrected chi connectivity index (χ0v) is 21.3. The van der Waals surface area contributed by atoms with Crippen molar-refractivity contribution in [3.8, 4) is 0 Å². The molecule has 2 aliphatic rings. The molecule has 0 radical (unpaired) electrons. The maximum atomic E-state index is 2.41. The number of fused-ring (bicyclic) bond motifs is 1. The molecule has 2 aromatic rings. The Balaban J connectivity index is 0.00000210. The predicted molar refractivity (Wildman–Crippen MR) is 111 cm³/mol. The van der Waals surface area contributed by atoms with Gasteiger partial charge in [-0.1, -0.05) is 111 Å². The molecule has 0 aromatic heterocycles. The molecular formula is C26H29Cl3Ti. The average molecular weight is 496 g/mol. The van der Waals surface area contributed by atoms with Crippen LogP contribution in [0.1, 0.15) is 56.6 Å². The standard InChI is InChI=1S/C26H29.3ClH.Ti/c1-2-3-20-26(22-13-6-4-7-14-22,23-15-8-5-9-16-23)25-19-18-21-12-10-11-17-24(21)25;;;;/h4-11,13-17,21H,2-3,12,18-20H2,1H3;3*1H;/q-1;;;;+4/p-3. The van der Waals surface area contributed by atoms with E-state index in [0.29, 0.717) is 0 Å². The molecule has 1 unspecified atom stereocenters. The fourth-order valence-corrected chi connectivity index (χ4v) is 5.06. The van der Waals surface area contributed by atoms with E-state index >= 15 is 0 Å². The first-order valence-corrected chi connectivity index (χ1v) is 10.2. The molecule has 0 aliphatic heterocycles. The number of allylic oxidation sites excluding steroid dienone is 4. The van der Waals surface area contributed by atoms with Crippen molar-refractivity contribution in [1.29, 1.82) is 0 Å². The number of hydrogen-bond acceptors (Lipinski definition) is 0. The molecule has 4 heteroatoms. The van der Waals surface area contributed by atoms with Crippen LogP contribution in [0, 0.1) is 11.8 Å². The van der Waals surface area contributed by atoms with Crippen LogP contribution in [0.5, 0.6) is 0 Å². The molecule has 0 heterocycles. The van der Waals surface area contributed by atoms with Gasteiger partial charge in [-0.15, -0.1) is 12.2 Å². The van der Waals surface area contributed by atoms with Crippen molar-refractivity contribution in [2.45, 2.75) is 50.9 Å². The molecule has 0 N–H and O–H groups in total. The van der Waals surface area contributed by atoms with Gasteiger partial charge in [0.25, 0.3) is 0 Å². The van der Waals surface area contributed by atoms with Crippen molar-refractivity contribution in [2.75, 3.05) is 0 Å². The summed E-state index contributed by atoms with van der Waals surface area (Å²) in [5.74, 6) is 2.40. The number of hydrogen-bond donors (Lipinski definition) is 0. The van der Waals surface area contributed by atoms with Crippen LogP contribution in [0.2, 0.25) is 0 Å². The summed E-state index contributed by atoms with van der Waals surface area (Å²) in [6, 6.07) is 22.5. The van der Waals surface area contributed by atoms with Gasteiger partial charge in [-0.25, -0.2) is 11.6 Å². The van der Waals surface area contributed by atoms with Crippen molar-refractivity contribution < 1.29 is 58.9 Å². The summed E-state index contributed by atoms with van der Waals surface area (Å²) in [6.45, 7) is 2.31. The normalized spacial score (nSPS) is 16.8. The summed E-state index contributed by atoms with van der Waals surface area (Å²) in [6.07, 6.45) is 14.4. The summed E-state index contributed by atoms with van der Waals surface area (Å²) < 4.78 is 0. The van der Waals surface area contributed by atoms with E-state index < -0.39 is 0 Å². The van der Waals surface area contributed by atoms with Gasteiger partial charge in [0, 0.05) is 0 Å². The summed E-state index contributed by atoms with van der Waals surface area (Å²) in [5.41, 5.74) is 4.57. The van der Waals surface area contributed by atoms with Crippen LogP contribution < -0.4 is 37.2 Å². The number of unbranched alkanes of at least 4 members (excludes halogenated alkanes) is 1. The summed E-state index contributed by atoms with van der Waals surface area (Å²) in [4.78, 5) is 0. The van der Waals surface area contributed by atoms with Crippen molar-refractivity contribution >= 4 is 0 Å². The minimum atomic E-state index is 0. The molecule has 0 nitrogen and oxygen atoms in total. The summed E-state index contributed by atoms with van der Waals surface area (Å²) in [7, 11) is 0. The van der Waals surface area contributed by atoms with Crippen LogP contribution in [0.25, 0.3) is 0 Å². The SMILES string of the molecule is CCCCC(c1ccccc1)(c1ccccc1)[C-]1CCC2CC=CC=C12.[Cl-].[Cl-].[Cl-].[Ti+4]. The molecule has 2 aromatic carbocycles. The molecule has 4 rings (SSSR count). The number of halogens is 3. The molecule has 1 fully saturated rings. The molecule has 0 saturated heterocycles. The fourth-order valence-electron chi connectivity index (χ4n) is 5.06. The first-order chi connectivity index (χ1) is 12.9. The Labute approximate surface area is 216 Å². The predicted octanol–water partition coefficient (Wildman–Crippen LogP) is -1.96. The van der Waals surface area contributed by atoms with Crippen LogP contribution in [0.3, 0.4) is 0 Å². The maximum absolute atomic E-state index is 2.41. The second-order valence-corrected chi connectivity index (χ2v) is 7.74.